The van der Waals surface area contributed by atoms with E-state index in [1.165, 1.54) is 16.5 Å². The van der Waals surface area contributed by atoms with E-state index in [1.807, 2.05) is 49.4 Å². The highest BCUT2D eigenvalue weighted by atomic mass is 19.1. The van der Waals surface area contributed by atoms with Gasteiger partial charge in [0.25, 0.3) is 0 Å². The zero-order valence-electron chi connectivity index (χ0n) is 20.0. The van der Waals surface area contributed by atoms with E-state index in [1.54, 1.807) is 18.2 Å². The molecule has 2 amide bonds. The molecule has 0 fully saturated rings. The van der Waals surface area contributed by atoms with Gasteiger partial charge in [-0.1, -0.05) is 79.7 Å². The van der Waals surface area contributed by atoms with E-state index in [9.17, 15) is 14.0 Å². The Labute approximate surface area is 201 Å². The number of likely N-dealkylation sites (N-methyl/N-ethyl adjacent to an activating group) is 1. The first kappa shape index (κ1) is 25.2. The van der Waals surface area contributed by atoms with E-state index in [0.29, 0.717) is 24.9 Å². The Morgan fingerprint density at radius 1 is 0.853 bits per heavy atom. The molecule has 34 heavy (non-hydrogen) atoms. The van der Waals surface area contributed by atoms with Gasteiger partial charge in [0.1, 0.15) is 11.9 Å². The van der Waals surface area contributed by atoms with Crippen LogP contribution in [0.25, 0.3) is 0 Å². The Morgan fingerprint density at radius 2 is 1.50 bits per heavy atom. The summed E-state index contributed by atoms with van der Waals surface area (Å²) in [5.74, 6) is -0.789. The van der Waals surface area contributed by atoms with Crippen LogP contribution >= 0.6 is 0 Å². The molecular formula is C29H33FN2O2. The number of hydrogen-bond donors (Lipinski definition) is 1. The van der Waals surface area contributed by atoms with E-state index < -0.39 is 6.04 Å². The van der Waals surface area contributed by atoms with Crippen molar-refractivity contribution >= 4 is 11.8 Å². The molecular weight excluding hydrogens is 427 g/mol. The number of benzene rings is 3. The van der Waals surface area contributed by atoms with Crippen LogP contribution in [-0.4, -0.2) is 29.3 Å². The van der Waals surface area contributed by atoms with Crippen LogP contribution in [0.4, 0.5) is 4.39 Å². The number of hydrogen-bond acceptors (Lipinski definition) is 2. The Kier molecular flexibility index (Phi) is 9.39. The SMILES string of the molecule is CCNC(=O)C(Cc1ccccc1)N(Cc1ccccc1F)C(=O)CCc1ccc(CC)cc1. The van der Waals surface area contributed by atoms with Crippen molar-refractivity contribution in [3.8, 4) is 0 Å². The summed E-state index contributed by atoms with van der Waals surface area (Å²) < 4.78 is 14.5. The number of aryl methyl sites for hydroxylation is 2. The number of halogens is 1. The van der Waals surface area contributed by atoms with E-state index in [-0.39, 0.29) is 30.6 Å². The normalized spacial score (nSPS) is 11.6. The van der Waals surface area contributed by atoms with Crippen molar-refractivity contribution < 1.29 is 14.0 Å². The average molecular weight is 461 g/mol. The molecule has 178 valence electrons. The Bertz CT molecular complexity index is 1070. The molecule has 0 radical (unpaired) electrons. The van der Waals surface area contributed by atoms with Gasteiger partial charge in [-0.25, -0.2) is 4.39 Å². The van der Waals surface area contributed by atoms with Crippen molar-refractivity contribution in [3.05, 3.63) is 107 Å². The fourth-order valence-corrected chi connectivity index (χ4v) is 3.99. The number of carbonyl (C=O) groups excluding carboxylic acids is 2. The molecule has 1 atom stereocenters. The molecule has 0 aliphatic rings. The van der Waals surface area contributed by atoms with E-state index in [0.717, 1.165) is 17.5 Å². The summed E-state index contributed by atoms with van der Waals surface area (Å²) in [5, 5.41) is 2.86. The number of rotatable bonds is 11. The molecule has 0 heterocycles. The topological polar surface area (TPSA) is 49.4 Å². The highest BCUT2D eigenvalue weighted by molar-refractivity contribution is 5.88. The predicted molar refractivity (Wildman–Crippen MR) is 134 cm³/mol. The molecule has 0 saturated heterocycles. The highest BCUT2D eigenvalue weighted by Gasteiger charge is 2.30. The van der Waals surface area contributed by atoms with Crippen LogP contribution in [0.1, 0.15) is 42.5 Å². The Morgan fingerprint density at radius 3 is 2.15 bits per heavy atom. The molecule has 3 aromatic rings. The predicted octanol–water partition coefficient (Wildman–Crippen LogP) is 5.10. The third kappa shape index (κ3) is 7.01. The zero-order chi connectivity index (χ0) is 24.3. The third-order valence-corrected chi connectivity index (χ3v) is 5.98. The van der Waals surface area contributed by atoms with Crippen molar-refractivity contribution in [2.75, 3.05) is 6.54 Å². The molecule has 5 heteroatoms. The van der Waals surface area contributed by atoms with Crippen molar-refractivity contribution in [3.63, 3.8) is 0 Å². The maximum atomic E-state index is 14.5. The lowest BCUT2D eigenvalue weighted by molar-refractivity contribution is -0.141. The third-order valence-electron chi connectivity index (χ3n) is 5.98. The first-order valence-electron chi connectivity index (χ1n) is 11.9. The van der Waals surface area contributed by atoms with Crippen molar-refractivity contribution in [2.24, 2.45) is 0 Å². The molecule has 3 rings (SSSR count). The summed E-state index contributed by atoms with van der Waals surface area (Å²) in [5.41, 5.74) is 3.65. The molecule has 0 aromatic heterocycles. The van der Waals surface area contributed by atoms with Crippen LogP contribution < -0.4 is 5.32 Å². The summed E-state index contributed by atoms with van der Waals surface area (Å²) in [4.78, 5) is 28.2. The first-order chi connectivity index (χ1) is 16.5. The fraction of sp³-hybridized carbons (Fsp3) is 0.310. The van der Waals surface area contributed by atoms with Gasteiger partial charge < -0.3 is 10.2 Å². The molecule has 3 aromatic carbocycles. The van der Waals surface area contributed by atoms with E-state index in [2.05, 4.69) is 24.4 Å². The van der Waals surface area contributed by atoms with Crippen LogP contribution in [0, 0.1) is 5.82 Å². The van der Waals surface area contributed by atoms with Crippen molar-refractivity contribution in [2.45, 2.75) is 52.1 Å². The van der Waals surface area contributed by atoms with E-state index >= 15 is 0 Å². The molecule has 4 nitrogen and oxygen atoms in total. The second kappa shape index (κ2) is 12.7. The van der Waals surface area contributed by atoms with Crippen LogP contribution in [-0.2, 0) is 35.4 Å². The lowest BCUT2D eigenvalue weighted by atomic mass is 10.0. The summed E-state index contributed by atoms with van der Waals surface area (Å²) in [6.45, 7) is 4.44. The molecule has 1 unspecified atom stereocenters. The maximum Gasteiger partial charge on any atom is 0.243 e. The van der Waals surface area contributed by atoms with Crippen molar-refractivity contribution in [1.29, 1.82) is 0 Å². The average Bonchev–Trinajstić information content (AvgIpc) is 2.86. The van der Waals surface area contributed by atoms with Gasteiger partial charge >= 0.3 is 0 Å². The second-order valence-electron chi connectivity index (χ2n) is 8.38. The van der Waals surface area contributed by atoms with Gasteiger partial charge in [-0.05, 0) is 42.5 Å². The quantitative estimate of drug-likeness (QED) is 0.433. The van der Waals surface area contributed by atoms with Gasteiger partial charge in [-0.15, -0.1) is 0 Å². The van der Waals surface area contributed by atoms with Crippen molar-refractivity contribution in [1.82, 2.24) is 10.2 Å². The molecule has 1 N–H and O–H groups in total. The minimum absolute atomic E-state index is 0.0366. The Balaban J connectivity index is 1.87. The van der Waals surface area contributed by atoms with Gasteiger partial charge in [0.15, 0.2) is 0 Å². The first-order valence-corrected chi connectivity index (χ1v) is 11.9. The van der Waals surface area contributed by atoms with Gasteiger partial charge in [0.2, 0.25) is 11.8 Å². The lowest BCUT2D eigenvalue weighted by Crippen LogP contribution is -2.50. The van der Waals surface area contributed by atoms with E-state index in [4.69, 9.17) is 0 Å². The van der Waals surface area contributed by atoms with Crippen LogP contribution in [0.5, 0.6) is 0 Å². The van der Waals surface area contributed by atoms with Gasteiger partial charge in [-0.2, -0.15) is 0 Å². The smallest absolute Gasteiger partial charge is 0.243 e. The molecule has 0 spiro atoms. The van der Waals surface area contributed by atoms with Gasteiger partial charge in [0, 0.05) is 31.5 Å². The van der Waals surface area contributed by atoms with Crippen LogP contribution in [0.3, 0.4) is 0 Å². The van der Waals surface area contributed by atoms with Gasteiger partial charge in [-0.3, -0.25) is 9.59 Å². The monoisotopic (exact) mass is 460 g/mol. The van der Waals surface area contributed by atoms with Crippen LogP contribution in [0.15, 0.2) is 78.9 Å². The lowest BCUT2D eigenvalue weighted by Gasteiger charge is -2.31. The Hall–Kier alpha value is -3.47. The highest BCUT2D eigenvalue weighted by Crippen LogP contribution is 2.18. The maximum absolute atomic E-state index is 14.5. The summed E-state index contributed by atoms with van der Waals surface area (Å²) in [6.07, 6.45) is 2.12. The summed E-state index contributed by atoms with van der Waals surface area (Å²) >= 11 is 0. The second-order valence-corrected chi connectivity index (χ2v) is 8.38. The molecule has 0 aliphatic carbocycles. The number of nitrogens with one attached hydrogen (secondary N) is 1. The zero-order valence-corrected chi connectivity index (χ0v) is 20.0. The fourth-order valence-electron chi connectivity index (χ4n) is 3.99. The summed E-state index contributed by atoms with van der Waals surface area (Å²) in [7, 11) is 0. The number of nitrogens with zero attached hydrogens (tertiary/aromatic N) is 1. The molecule has 0 bridgehead atoms. The molecule has 0 aliphatic heterocycles. The minimum Gasteiger partial charge on any atom is -0.355 e. The number of amides is 2. The summed E-state index contributed by atoms with van der Waals surface area (Å²) in [6, 6.07) is 23.5. The largest absolute Gasteiger partial charge is 0.355 e. The minimum atomic E-state index is -0.739. The van der Waals surface area contributed by atoms with Crippen LogP contribution in [0.2, 0.25) is 0 Å². The number of carbonyl (C=O) groups is 2. The van der Waals surface area contributed by atoms with Gasteiger partial charge in [0.05, 0.1) is 0 Å². The standard InChI is InChI=1S/C29H33FN2O2/c1-3-22-14-16-23(17-15-22)18-19-28(33)32(21-25-12-8-9-13-26(25)30)27(29(34)31-4-2)20-24-10-6-5-7-11-24/h5-17,27H,3-4,18-21H2,1-2H3,(H,31,34). The molecule has 0 saturated carbocycles.